The number of hydrogen-bond acceptors (Lipinski definition) is 5. The van der Waals surface area contributed by atoms with Crippen LogP contribution in [-0.2, 0) is 22.7 Å². The van der Waals surface area contributed by atoms with Crippen LogP contribution in [-0.4, -0.2) is 57.2 Å². The highest BCUT2D eigenvalue weighted by atomic mass is 16.5. The standard InChI is InChI=1S/C11H18N4O3/c16-9-10-8-15(13-12-10)3-1-2-11(17)14-4-6-18-7-5-14/h8,16H,1-7,9H2. The van der Waals surface area contributed by atoms with Gasteiger partial charge in [0.25, 0.3) is 0 Å². The molecule has 2 rings (SSSR count). The first-order chi connectivity index (χ1) is 8.79. The van der Waals surface area contributed by atoms with Crippen LogP contribution in [0.4, 0.5) is 0 Å². The SMILES string of the molecule is O=C(CCCn1cc(CO)nn1)N1CCOCC1. The number of carbonyl (C=O) groups excluding carboxylic acids is 1. The Morgan fingerprint density at radius 3 is 2.89 bits per heavy atom. The Morgan fingerprint density at radius 2 is 2.22 bits per heavy atom. The number of aromatic nitrogens is 3. The van der Waals surface area contributed by atoms with Crippen LogP contribution in [0.1, 0.15) is 18.5 Å². The molecule has 1 fully saturated rings. The maximum Gasteiger partial charge on any atom is 0.222 e. The van der Waals surface area contributed by atoms with Gasteiger partial charge in [0.15, 0.2) is 0 Å². The number of aliphatic hydroxyl groups excluding tert-OH is 1. The van der Waals surface area contributed by atoms with Crippen molar-refractivity contribution in [2.24, 2.45) is 0 Å². The zero-order valence-electron chi connectivity index (χ0n) is 10.3. The lowest BCUT2D eigenvalue weighted by Gasteiger charge is -2.26. The number of aryl methyl sites for hydroxylation is 1. The van der Waals surface area contributed by atoms with E-state index in [0.29, 0.717) is 45.0 Å². The van der Waals surface area contributed by atoms with Gasteiger partial charge in [0.1, 0.15) is 5.69 Å². The molecule has 1 saturated heterocycles. The van der Waals surface area contributed by atoms with E-state index in [9.17, 15) is 4.79 Å². The van der Waals surface area contributed by atoms with Gasteiger partial charge in [-0.1, -0.05) is 5.21 Å². The fraction of sp³-hybridized carbons (Fsp3) is 0.727. The first-order valence-electron chi connectivity index (χ1n) is 6.15. The largest absolute Gasteiger partial charge is 0.390 e. The summed E-state index contributed by atoms with van der Waals surface area (Å²) >= 11 is 0. The lowest BCUT2D eigenvalue weighted by atomic mass is 10.2. The maximum atomic E-state index is 11.8. The van der Waals surface area contributed by atoms with E-state index in [1.54, 1.807) is 10.9 Å². The molecule has 7 heteroatoms. The summed E-state index contributed by atoms with van der Waals surface area (Å²) in [6.07, 6.45) is 2.93. The number of amides is 1. The molecule has 0 radical (unpaired) electrons. The normalized spacial score (nSPS) is 15.9. The minimum Gasteiger partial charge on any atom is -0.390 e. The van der Waals surface area contributed by atoms with Crippen molar-refractivity contribution in [2.75, 3.05) is 26.3 Å². The monoisotopic (exact) mass is 254 g/mol. The molecule has 0 unspecified atom stereocenters. The molecule has 1 aliphatic heterocycles. The van der Waals surface area contributed by atoms with E-state index in [0.717, 1.165) is 6.42 Å². The van der Waals surface area contributed by atoms with Gasteiger partial charge in [0.05, 0.1) is 26.0 Å². The zero-order chi connectivity index (χ0) is 12.8. The van der Waals surface area contributed by atoms with Crippen LogP contribution in [0.3, 0.4) is 0 Å². The summed E-state index contributed by atoms with van der Waals surface area (Å²) in [7, 11) is 0. The molecule has 1 amide bonds. The van der Waals surface area contributed by atoms with Crippen molar-refractivity contribution in [1.82, 2.24) is 19.9 Å². The number of carbonyl (C=O) groups is 1. The maximum absolute atomic E-state index is 11.8. The highest BCUT2D eigenvalue weighted by Crippen LogP contribution is 2.03. The summed E-state index contributed by atoms with van der Waals surface area (Å²) in [5.74, 6) is 0.167. The summed E-state index contributed by atoms with van der Waals surface area (Å²) in [6, 6.07) is 0. The molecule has 100 valence electrons. The van der Waals surface area contributed by atoms with E-state index in [4.69, 9.17) is 9.84 Å². The molecule has 2 heterocycles. The predicted molar refractivity (Wildman–Crippen MR) is 62.6 cm³/mol. The van der Waals surface area contributed by atoms with Crippen molar-refractivity contribution in [3.8, 4) is 0 Å². The third kappa shape index (κ3) is 3.51. The summed E-state index contributed by atoms with van der Waals surface area (Å²) in [5.41, 5.74) is 0.550. The van der Waals surface area contributed by atoms with Gasteiger partial charge in [-0.2, -0.15) is 0 Å². The molecule has 18 heavy (non-hydrogen) atoms. The molecular formula is C11H18N4O3. The molecule has 1 aromatic heterocycles. The molecular weight excluding hydrogens is 236 g/mol. The molecule has 1 aromatic rings. The Kier molecular flexibility index (Phi) is 4.66. The molecule has 0 atom stereocenters. The third-order valence-electron chi connectivity index (χ3n) is 2.89. The summed E-state index contributed by atoms with van der Waals surface area (Å²) in [4.78, 5) is 13.7. The van der Waals surface area contributed by atoms with Gasteiger partial charge in [0, 0.05) is 26.1 Å². The van der Waals surface area contributed by atoms with Crippen molar-refractivity contribution in [1.29, 1.82) is 0 Å². The van der Waals surface area contributed by atoms with Gasteiger partial charge >= 0.3 is 0 Å². The van der Waals surface area contributed by atoms with Crippen LogP contribution in [0.25, 0.3) is 0 Å². The van der Waals surface area contributed by atoms with E-state index in [-0.39, 0.29) is 12.5 Å². The highest BCUT2D eigenvalue weighted by Gasteiger charge is 2.16. The first-order valence-corrected chi connectivity index (χ1v) is 6.15. The number of rotatable bonds is 5. The number of aliphatic hydroxyl groups is 1. The van der Waals surface area contributed by atoms with E-state index in [2.05, 4.69) is 10.3 Å². The predicted octanol–water partition coefficient (Wildman–Crippen LogP) is -0.591. The van der Waals surface area contributed by atoms with Crippen LogP contribution in [0.15, 0.2) is 6.20 Å². The van der Waals surface area contributed by atoms with Crippen LogP contribution in [0, 0.1) is 0 Å². The number of nitrogens with zero attached hydrogens (tertiary/aromatic N) is 4. The van der Waals surface area contributed by atoms with E-state index >= 15 is 0 Å². The quantitative estimate of drug-likeness (QED) is 0.759. The molecule has 0 aromatic carbocycles. The Hall–Kier alpha value is -1.47. The second-order valence-electron chi connectivity index (χ2n) is 4.23. The van der Waals surface area contributed by atoms with Crippen LogP contribution < -0.4 is 0 Å². The molecule has 0 spiro atoms. The van der Waals surface area contributed by atoms with Crippen molar-refractivity contribution in [3.05, 3.63) is 11.9 Å². The van der Waals surface area contributed by atoms with Gasteiger partial charge in [0.2, 0.25) is 5.91 Å². The summed E-state index contributed by atoms with van der Waals surface area (Å²) in [5, 5.41) is 16.5. The lowest BCUT2D eigenvalue weighted by Crippen LogP contribution is -2.40. The Balaban J connectivity index is 1.69. The fourth-order valence-corrected chi connectivity index (χ4v) is 1.88. The second-order valence-corrected chi connectivity index (χ2v) is 4.23. The smallest absolute Gasteiger partial charge is 0.222 e. The van der Waals surface area contributed by atoms with Crippen LogP contribution in [0.5, 0.6) is 0 Å². The van der Waals surface area contributed by atoms with Crippen molar-refractivity contribution >= 4 is 5.91 Å². The Labute approximate surface area is 105 Å². The van der Waals surface area contributed by atoms with E-state index in [1.807, 2.05) is 4.90 Å². The van der Waals surface area contributed by atoms with Gasteiger partial charge in [-0.3, -0.25) is 9.48 Å². The van der Waals surface area contributed by atoms with Gasteiger partial charge in [-0.05, 0) is 6.42 Å². The highest BCUT2D eigenvalue weighted by molar-refractivity contribution is 5.76. The van der Waals surface area contributed by atoms with E-state index < -0.39 is 0 Å². The van der Waals surface area contributed by atoms with E-state index in [1.165, 1.54) is 0 Å². The van der Waals surface area contributed by atoms with Crippen molar-refractivity contribution in [3.63, 3.8) is 0 Å². The summed E-state index contributed by atoms with van der Waals surface area (Å²) < 4.78 is 6.85. The minimum atomic E-state index is -0.104. The Bertz CT molecular complexity index is 387. The van der Waals surface area contributed by atoms with Crippen LogP contribution in [0.2, 0.25) is 0 Å². The van der Waals surface area contributed by atoms with Crippen molar-refractivity contribution < 1.29 is 14.6 Å². The van der Waals surface area contributed by atoms with Gasteiger partial charge in [-0.15, -0.1) is 5.10 Å². The van der Waals surface area contributed by atoms with Gasteiger partial charge < -0.3 is 14.7 Å². The molecule has 1 aliphatic rings. The first kappa shape index (κ1) is 13.0. The second kappa shape index (κ2) is 6.46. The third-order valence-corrected chi connectivity index (χ3v) is 2.89. The molecule has 0 bridgehead atoms. The zero-order valence-corrected chi connectivity index (χ0v) is 10.3. The Morgan fingerprint density at radius 1 is 1.44 bits per heavy atom. The van der Waals surface area contributed by atoms with Crippen LogP contribution >= 0.6 is 0 Å². The van der Waals surface area contributed by atoms with Crippen molar-refractivity contribution in [2.45, 2.75) is 26.0 Å². The molecule has 7 nitrogen and oxygen atoms in total. The molecule has 0 aliphatic carbocycles. The topological polar surface area (TPSA) is 80.5 Å². The lowest BCUT2D eigenvalue weighted by molar-refractivity contribution is -0.135. The summed E-state index contributed by atoms with van der Waals surface area (Å²) in [6.45, 7) is 3.19. The number of hydrogen-bond donors (Lipinski definition) is 1. The molecule has 0 saturated carbocycles. The van der Waals surface area contributed by atoms with Gasteiger partial charge in [-0.25, -0.2) is 0 Å². The average Bonchev–Trinajstić information content (AvgIpc) is 2.87. The molecule has 1 N–H and O–H groups in total. The minimum absolute atomic E-state index is 0.104. The average molecular weight is 254 g/mol. The fourth-order valence-electron chi connectivity index (χ4n) is 1.88. The number of morpholine rings is 1. The number of ether oxygens (including phenoxy) is 1.